The second-order valence-electron chi connectivity index (χ2n) is 4.57. The zero-order chi connectivity index (χ0) is 14.0. The predicted octanol–water partition coefficient (Wildman–Crippen LogP) is 3.21. The number of carboxylic acid groups (broad SMARTS) is 1. The number of carbonyl (C=O) groups is 1. The molecule has 0 saturated heterocycles. The summed E-state index contributed by atoms with van der Waals surface area (Å²) in [7, 11) is 0. The van der Waals surface area contributed by atoms with E-state index in [2.05, 4.69) is 0 Å². The number of rotatable bonds is 5. The molecule has 1 aromatic rings. The summed E-state index contributed by atoms with van der Waals surface area (Å²) in [6.07, 6.45) is -4.66. The molecule has 0 aliphatic heterocycles. The third-order valence-corrected chi connectivity index (χ3v) is 3.05. The molecule has 0 heterocycles. The number of hydrogen-bond acceptors (Lipinski definition) is 2. The van der Waals surface area contributed by atoms with Gasteiger partial charge in [-0.2, -0.15) is 13.2 Å². The van der Waals surface area contributed by atoms with Crippen molar-refractivity contribution in [2.24, 2.45) is 5.92 Å². The van der Waals surface area contributed by atoms with Crippen LogP contribution in [0, 0.1) is 5.92 Å². The van der Waals surface area contributed by atoms with Crippen molar-refractivity contribution in [2.75, 3.05) is 6.61 Å². The lowest BCUT2D eigenvalue weighted by Crippen LogP contribution is -2.13. The molecule has 0 radical (unpaired) electrons. The van der Waals surface area contributed by atoms with Crippen LogP contribution in [-0.4, -0.2) is 23.9 Å². The molecule has 1 aliphatic carbocycles. The van der Waals surface area contributed by atoms with E-state index < -0.39 is 25.2 Å². The molecular weight excluding hydrogens is 261 g/mol. The lowest BCUT2D eigenvalue weighted by atomic mass is 10.1. The van der Waals surface area contributed by atoms with E-state index >= 15 is 0 Å². The van der Waals surface area contributed by atoms with Crippen LogP contribution in [0.25, 0.3) is 0 Å². The Bertz CT molecular complexity index is 470. The van der Waals surface area contributed by atoms with Gasteiger partial charge in [-0.25, -0.2) is 0 Å². The lowest BCUT2D eigenvalue weighted by Gasteiger charge is -2.09. The van der Waals surface area contributed by atoms with Gasteiger partial charge in [-0.05, 0) is 30.0 Å². The van der Waals surface area contributed by atoms with Gasteiger partial charge in [0.2, 0.25) is 0 Å². The van der Waals surface area contributed by atoms with Crippen molar-refractivity contribution in [3.8, 4) is 5.75 Å². The van der Waals surface area contributed by atoms with Crippen molar-refractivity contribution in [2.45, 2.75) is 24.9 Å². The minimum Gasteiger partial charge on any atom is -0.493 e. The van der Waals surface area contributed by atoms with E-state index in [1.807, 2.05) is 0 Å². The molecule has 1 N–H and O–H groups in total. The molecule has 6 heteroatoms. The second kappa shape index (κ2) is 5.11. The van der Waals surface area contributed by atoms with E-state index in [9.17, 15) is 18.0 Å². The first-order valence-electron chi connectivity index (χ1n) is 5.89. The van der Waals surface area contributed by atoms with Crippen LogP contribution >= 0.6 is 0 Å². The molecule has 104 valence electrons. The van der Waals surface area contributed by atoms with Crippen molar-refractivity contribution in [1.29, 1.82) is 0 Å². The number of aliphatic carboxylic acids is 1. The normalized spacial score (nSPS) is 22.1. The molecule has 2 rings (SSSR count). The molecule has 0 aromatic heterocycles. The SMILES string of the molecule is O=C(O)[C@H]1C[C@@H]1c1cccc(OCCC(F)(F)F)c1. The van der Waals surface area contributed by atoms with Crippen LogP contribution in [0.4, 0.5) is 13.2 Å². The van der Waals surface area contributed by atoms with Gasteiger partial charge in [0.25, 0.3) is 0 Å². The second-order valence-corrected chi connectivity index (χ2v) is 4.57. The molecule has 1 saturated carbocycles. The fourth-order valence-electron chi connectivity index (χ4n) is 1.96. The van der Waals surface area contributed by atoms with Gasteiger partial charge in [0.05, 0.1) is 18.9 Å². The summed E-state index contributed by atoms with van der Waals surface area (Å²) in [6.45, 7) is -0.431. The van der Waals surface area contributed by atoms with Gasteiger partial charge in [0.15, 0.2) is 0 Å². The average Bonchev–Trinajstić information content (AvgIpc) is 3.07. The maximum absolute atomic E-state index is 12.0. The maximum atomic E-state index is 12.0. The molecule has 0 bridgehead atoms. The van der Waals surface area contributed by atoms with Crippen LogP contribution in [0.1, 0.15) is 24.3 Å². The quantitative estimate of drug-likeness (QED) is 0.896. The van der Waals surface area contributed by atoms with Crippen LogP contribution in [-0.2, 0) is 4.79 Å². The van der Waals surface area contributed by atoms with Gasteiger partial charge in [-0.1, -0.05) is 12.1 Å². The van der Waals surface area contributed by atoms with Crippen LogP contribution in [0.2, 0.25) is 0 Å². The summed E-state index contributed by atoms with van der Waals surface area (Å²) in [5, 5.41) is 8.83. The van der Waals surface area contributed by atoms with Gasteiger partial charge in [-0.3, -0.25) is 4.79 Å². The highest BCUT2D eigenvalue weighted by atomic mass is 19.4. The van der Waals surface area contributed by atoms with Crippen molar-refractivity contribution in [3.63, 3.8) is 0 Å². The number of alkyl halides is 3. The van der Waals surface area contributed by atoms with Crippen molar-refractivity contribution in [1.82, 2.24) is 0 Å². The van der Waals surface area contributed by atoms with Crippen molar-refractivity contribution in [3.05, 3.63) is 29.8 Å². The third-order valence-electron chi connectivity index (χ3n) is 3.05. The van der Waals surface area contributed by atoms with Crippen LogP contribution in [0.5, 0.6) is 5.75 Å². The summed E-state index contributed by atoms with van der Waals surface area (Å²) in [5.74, 6) is -0.930. The van der Waals surface area contributed by atoms with Crippen LogP contribution in [0.3, 0.4) is 0 Å². The first-order chi connectivity index (χ1) is 8.87. The molecule has 1 aromatic carbocycles. The molecule has 0 spiro atoms. The van der Waals surface area contributed by atoms with Gasteiger partial charge in [0.1, 0.15) is 5.75 Å². The first kappa shape index (κ1) is 13.7. The summed E-state index contributed by atoms with van der Waals surface area (Å²) < 4.78 is 40.9. The van der Waals surface area contributed by atoms with E-state index in [0.717, 1.165) is 5.56 Å². The van der Waals surface area contributed by atoms with E-state index in [-0.39, 0.29) is 11.8 Å². The Kier molecular flexibility index (Phi) is 3.68. The summed E-state index contributed by atoms with van der Waals surface area (Å²) in [5.41, 5.74) is 0.803. The highest BCUT2D eigenvalue weighted by Crippen LogP contribution is 2.48. The Hall–Kier alpha value is -1.72. The average molecular weight is 274 g/mol. The highest BCUT2D eigenvalue weighted by Gasteiger charge is 2.44. The van der Waals surface area contributed by atoms with E-state index in [0.29, 0.717) is 12.2 Å². The Morgan fingerprint density at radius 3 is 2.74 bits per heavy atom. The van der Waals surface area contributed by atoms with Gasteiger partial charge >= 0.3 is 12.1 Å². The molecule has 2 atom stereocenters. The maximum Gasteiger partial charge on any atom is 0.392 e. The van der Waals surface area contributed by atoms with E-state index in [4.69, 9.17) is 9.84 Å². The number of benzene rings is 1. The first-order valence-corrected chi connectivity index (χ1v) is 5.89. The van der Waals surface area contributed by atoms with E-state index in [1.165, 1.54) is 0 Å². The fourth-order valence-corrected chi connectivity index (χ4v) is 1.96. The smallest absolute Gasteiger partial charge is 0.392 e. The Balaban J connectivity index is 1.91. The topological polar surface area (TPSA) is 46.5 Å². The Morgan fingerprint density at radius 1 is 1.42 bits per heavy atom. The standard InChI is InChI=1S/C13H13F3O3/c14-13(15,16)4-5-19-9-3-1-2-8(6-9)10-7-11(10)12(17)18/h1-3,6,10-11H,4-5,7H2,(H,17,18)/t10-,11+/m1/s1. The molecule has 1 fully saturated rings. The number of halogens is 3. The fraction of sp³-hybridized carbons (Fsp3) is 0.462. The molecule has 19 heavy (non-hydrogen) atoms. The highest BCUT2D eigenvalue weighted by molar-refractivity contribution is 5.75. The number of carboxylic acids is 1. The van der Waals surface area contributed by atoms with Gasteiger partial charge < -0.3 is 9.84 Å². The van der Waals surface area contributed by atoms with Gasteiger partial charge in [0, 0.05) is 0 Å². The van der Waals surface area contributed by atoms with Crippen molar-refractivity contribution < 1.29 is 27.8 Å². The van der Waals surface area contributed by atoms with Crippen molar-refractivity contribution >= 4 is 5.97 Å². The molecule has 0 unspecified atom stereocenters. The van der Waals surface area contributed by atoms with Gasteiger partial charge in [-0.15, -0.1) is 0 Å². The number of ether oxygens (including phenoxy) is 1. The minimum absolute atomic E-state index is 0.0522. The monoisotopic (exact) mass is 274 g/mol. The third kappa shape index (κ3) is 3.87. The van der Waals surface area contributed by atoms with E-state index in [1.54, 1.807) is 24.3 Å². The summed E-state index contributed by atoms with van der Waals surface area (Å²) in [6, 6.07) is 6.61. The molecular formula is C13H13F3O3. The summed E-state index contributed by atoms with van der Waals surface area (Å²) >= 11 is 0. The van der Waals surface area contributed by atoms with Crippen LogP contribution < -0.4 is 4.74 Å². The molecule has 0 amide bonds. The predicted molar refractivity (Wildman–Crippen MR) is 61.1 cm³/mol. The Labute approximate surface area is 108 Å². The molecule has 3 nitrogen and oxygen atoms in total. The summed E-state index contributed by atoms with van der Waals surface area (Å²) in [4.78, 5) is 10.8. The Morgan fingerprint density at radius 2 is 2.16 bits per heavy atom. The lowest BCUT2D eigenvalue weighted by molar-refractivity contribution is -0.140. The largest absolute Gasteiger partial charge is 0.493 e. The minimum atomic E-state index is -4.23. The van der Waals surface area contributed by atoms with Crippen LogP contribution in [0.15, 0.2) is 24.3 Å². The molecule has 1 aliphatic rings. The zero-order valence-corrected chi connectivity index (χ0v) is 9.98. The zero-order valence-electron chi connectivity index (χ0n) is 9.98. The number of hydrogen-bond donors (Lipinski definition) is 1.